The number of benzene rings is 2. The summed E-state index contributed by atoms with van der Waals surface area (Å²) in [6.07, 6.45) is 1.37. The van der Waals surface area contributed by atoms with Crippen LogP contribution < -0.4 is 4.74 Å². The number of rotatable bonds is 3. The first kappa shape index (κ1) is 9.71. The Morgan fingerprint density at radius 3 is 2.87 bits per heavy atom. The highest BCUT2D eigenvalue weighted by Crippen LogP contribution is 2.23. The molecule has 0 aliphatic heterocycles. The molecule has 76 valence electrons. The Labute approximate surface area is 88.5 Å². The third kappa shape index (κ3) is 1.84. The minimum Gasteiger partial charge on any atom is -0.497 e. The van der Waals surface area contributed by atoms with Crippen LogP contribution in [-0.4, -0.2) is 13.4 Å². The SMILES string of the molecule is COc1ccc2cccc(CC=O)c2c1. The van der Waals surface area contributed by atoms with E-state index in [2.05, 4.69) is 0 Å². The summed E-state index contributed by atoms with van der Waals surface area (Å²) in [7, 11) is 1.64. The third-order valence-corrected chi connectivity index (χ3v) is 2.48. The van der Waals surface area contributed by atoms with Crippen LogP contribution in [0.3, 0.4) is 0 Å². The van der Waals surface area contributed by atoms with Crippen molar-refractivity contribution < 1.29 is 9.53 Å². The van der Waals surface area contributed by atoms with Gasteiger partial charge in [-0.15, -0.1) is 0 Å². The minimum absolute atomic E-state index is 0.449. The number of aldehydes is 1. The molecular formula is C13H12O2. The van der Waals surface area contributed by atoms with E-state index in [1.807, 2.05) is 36.4 Å². The van der Waals surface area contributed by atoms with E-state index in [1.165, 1.54) is 0 Å². The Kier molecular flexibility index (Phi) is 2.68. The molecule has 15 heavy (non-hydrogen) atoms. The summed E-state index contributed by atoms with van der Waals surface area (Å²) < 4.78 is 5.17. The lowest BCUT2D eigenvalue weighted by molar-refractivity contribution is -0.107. The van der Waals surface area contributed by atoms with Crippen LogP contribution in [0.25, 0.3) is 10.8 Å². The van der Waals surface area contributed by atoms with Gasteiger partial charge in [0.1, 0.15) is 12.0 Å². The van der Waals surface area contributed by atoms with Crippen LogP contribution in [0.2, 0.25) is 0 Å². The van der Waals surface area contributed by atoms with Crippen molar-refractivity contribution in [2.45, 2.75) is 6.42 Å². The highest BCUT2D eigenvalue weighted by Gasteiger charge is 2.01. The van der Waals surface area contributed by atoms with Gasteiger partial charge in [0, 0.05) is 6.42 Å². The fourth-order valence-corrected chi connectivity index (χ4v) is 1.71. The fraction of sp³-hybridized carbons (Fsp3) is 0.154. The molecule has 0 spiro atoms. The highest BCUT2D eigenvalue weighted by atomic mass is 16.5. The lowest BCUT2D eigenvalue weighted by atomic mass is 10.0. The number of hydrogen-bond acceptors (Lipinski definition) is 2. The number of ether oxygens (including phenoxy) is 1. The molecule has 0 radical (unpaired) electrons. The Morgan fingerprint density at radius 2 is 2.13 bits per heavy atom. The monoisotopic (exact) mass is 200 g/mol. The van der Waals surface area contributed by atoms with Gasteiger partial charge >= 0.3 is 0 Å². The van der Waals surface area contributed by atoms with E-state index in [1.54, 1.807) is 7.11 Å². The van der Waals surface area contributed by atoms with Crippen LogP contribution in [-0.2, 0) is 11.2 Å². The Balaban J connectivity index is 2.64. The van der Waals surface area contributed by atoms with Gasteiger partial charge in [-0.05, 0) is 28.5 Å². The molecule has 0 fully saturated rings. The van der Waals surface area contributed by atoms with Crippen LogP contribution in [0.5, 0.6) is 5.75 Å². The van der Waals surface area contributed by atoms with Gasteiger partial charge in [0.2, 0.25) is 0 Å². The summed E-state index contributed by atoms with van der Waals surface area (Å²) in [6.45, 7) is 0. The highest BCUT2D eigenvalue weighted by molar-refractivity contribution is 5.88. The van der Waals surface area contributed by atoms with Gasteiger partial charge in [-0.25, -0.2) is 0 Å². The minimum atomic E-state index is 0.449. The summed E-state index contributed by atoms with van der Waals surface area (Å²) in [5.74, 6) is 0.820. The topological polar surface area (TPSA) is 26.3 Å². The summed E-state index contributed by atoms with van der Waals surface area (Å²) in [4.78, 5) is 10.5. The second kappa shape index (κ2) is 4.13. The van der Waals surface area contributed by atoms with Crippen molar-refractivity contribution in [1.82, 2.24) is 0 Å². The number of methoxy groups -OCH3 is 1. The van der Waals surface area contributed by atoms with Gasteiger partial charge < -0.3 is 9.53 Å². The average Bonchev–Trinajstić information content (AvgIpc) is 2.29. The first-order chi connectivity index (χ1) is 7.35. The van der Waals surface area contributed by atoms with Crippen LogP contribution in [0.15, 0.2) is 36.4 Å². The molecule has 2 nitrogen and oxygen atoms in total. The molecule has 0 heterocycles. The number of hydrogen-bond donors (Lipinski definition) is 0. The maximum atomic E-state index is 10.5. The molecule has 2 aromatic rings. The molecule has 0 saturated carbocycles. The van der Waals surface area contributed by atoms with Crippen molar-refractivity contribution in [2.75, 3.05) is 7.11 Å². The average molecular weight is 200 g/mol. The normalized spacial score (nSPS) is 10.2. The molecule has 0 N–H and O–H groups in total. The molecule has 0 amide bonds. The molecule has 2 heteroatoms. The first-order valence-electron chi connectivity index (χ1n) is 4.84. The van der Waals surface area contributed by atoms with Gasteiger partial charge in [0.15, 0.2) is 0 Å². The van der Waals surface area contributed by atoms with Crippen LogP contribution in [0.4, 0.5) is 0 Å². The quantitative estimate of drug-likeness (QED) is 0.712. The summed E-state index contributed by atoms with van der Waals surface area (Å²) in [6, 6.07) is 11.9. The maximum absolute atomic E-state index is 10.5. The van der Waals surface area contributed by atoms with E-state index in [4.69, 9.17) is 4.74 Å². The van der Waals surface area contributed by atoms with Gasteiger partial charge in [0.05, 0.1) is 7.11 Å². The fourth-order valence-electron chi connectivity index (χ4n) is 1.71. The van der Waals surface area contributed by atoms with Crippen molar-refractivity contribution in [2.24, 2.45) is 0 Å². The van der Waals surface area contributed by atoms with Crippen molar-refractivity contribution in [3.05, 3.63) is 42.0 Å². The molecule has 0 saturated heterocycles. The Bertz CT molecular complexity index is 489. The van der Waals surface area contributed by atoms with E-state index in [0.717, 1.165) is 28.4 Å². The third-order valence-electron chi connectivity index (χ3n) is 2.48. The molecule has 0 atom stereocenters. The first-order valence-corrected chi connectivity index (χ1v) is 4.84. The summed E-state index contributed by atoms with van der Waals surface area (Å²) >= 11 is 0. The molecule has 2 rings (SSSR count). The maximum Gasteiger partial charge on any atom is 0.124 e. The summed E-state index contributed by atoms with van der Waals surface area (Å²) in [5.41, 5.74) is 1.04. The second-order valence-corrected chi connectivity index (χ2v) is 3.37. The van der Waals surface area contributed by atoms with Crippen LogP contribution in [0, 0.1) is 0 Å². The molecule has 0 aliphatic carbocycles. The zero-order valence-corrected chi connectivity index (χ0v) is 8.57. The van der Waals surface area contributed by atoms with E-state index < -0.39 is 0 Å². The zero-order valence-electron chi connectivity index (χ0n) is 8.57. The van der Waals surface area contributed by atoms with Crippen molar-refractivity contribution in [3.63, 3.8) is 0 Å². The van der Waals surface area contributed by atoms with Crippen molar-refractivity contribution >= 4 is 17.1 Å². The van der Waals surface area contributed by atoms with Crippen molar-refractivity contribution in [1.29, 1.82) is 0 Å². The smallest absolute Gasteiger partial charge is 0.124 e. The van der Waals surface area contributed by atoms with E-state index in [-0.39, 0.29) is 0 Å². The zero-order chi connectivity index (χ0) is 10.7. The molecular weight excluding hydrogens is 188 g/mol. The van der Waals surface area contributed by atoms with Gasteiger partial charge in [-0.1, -0.05) is 24.3 Å². The lowest BCUT2D eigenvalue weighted by Crippen LogP contribution is -1.89. The van der Waals surface area contributed by atoms with Gasteiger partial charge in [-0.2, -0.15) is 0 Å². The predicted molar refractivity (Wildman–Crippen MR) is 60.3 cm³/mol. The number of carbonyl (C=O) groups excluding carboxylic acids is 1. The Morgan fingerprint density at radius 1 is 1.27 bits per heavy atom. The van der Waals surface area contributed by atoms with Crippen molar-refractivity contribution in [3.8, 4) is 5.75 Å². The van der Waals surface area contributed by atoms with E-state index in [0.29, 0.717) is 6.42 Å². The molecule has 0 aromatic heterocycles. The molecule has 0 unspecified atom stereocenters. The van der Waals surface area contributed by atoms with Gasteiger partial charge in [-0.3, -0.25) is 0 Å². The Hall–Kier alpha value is -1.83. The number of carbonyl (C=O) groups is 1. The lowest BCUT2D eigenvalue weighted by Gasteiger charge is -2.05. The van der Waals surface area contributed by atoms with Crippen LogP contribution in [0.1, 0.15) is 5.56 Å². The molecule has 0 aliphatic rings. The molecule has 0 bridgehead atoms. The van der Waals surface area contributed by atoms with Gasteiger partial charge in [0.25, 0.3) is 0 Å². The largest absolute Gasteiger partial charge is 0.497 e. The molecule has 2 aromatic carbocycles. The predicted octanol–water partition coefficient (Wildman–Crippen LogP) is 2.59. The van der Waals surface area contributed by atoms with Crippen LogP contribution >= 0.6 is 0 Å². The summed E-state index contributed by atoms with van der Waals surface area (Å²) in [5, 5.41) is 2.22. The standard InChI is InChI=1S/C13H12O2/c1-15-12-6-5-10-3-2-4-11(7-8-14)13(10)9-12/h2-6,8-9H,7H2,1H3. The van der Waals surface area contributed by atoms with E-state index >= 15 is 0 Å². The number of fused-ring (bicyclic) bond motifs is 1. The van der Waals surface area contributed by atoms with E-state index in [9.17, 15) is 4.79 Å². The second-order valence-electron chi connectivity index (χ2n) is 3.37.